The Labute approximate surface area is 86.7 Å². The Balaban J connectivity index is 2.35. The van der Waals surface area contributed by atoms with Crippen molar-refractivity contribution < 1.29 is 0 Å². The highest BCUT2D eigenvalue weighted by atomic mass is 35.5. The molecule has 0 radical (unpaired) electrons. The van der Waals surface area contributed by atoms with Gasteiger partial charge in [-0.1, -0.05) is 11.6 Å². The number of aromatic nitrogens is 3. The first-order valence-electron chi connectivity index (χ1n) is 4.74. The second-order valence-electron chi connectivity index (χ2n) is 3.81. The molecule has 0 aliphatic heterocycles. The van der Waals surface area contributed by atoms with Gasteiger partial charge in [0.15, 0.2) is 5.65 Å². The fourth-order valence-corrected chi connectivity index (χ4v) is 2.04. The summed E-state index contributed by atoms with van der Waals surface area (Å²) >= 11 is 5.97. The Morgan fingerprint density at radius 2 is 2.29 bits per heavy atom. The monoisotopic (exact) mass is 207 g/mol. The van der Waals surface area contributed by atoms with Crippen molar-refractivity contribution in [2.75, 3.05) is 0 Å². The van der Waals surface area contributed by atoms with Crippen LogP contribution in [-0.4, -0.2) is 14.8 Å². The molecule has 2 heterocycles. The lowest BCUT2D eigenvalue weighted by Gasteiger charge is -2.01. The van der Waals surface area contributed by atoms with E-state index in [4.69, 9.17) is 11.6 Å². The number of nitrogens with zero attached hydrogens (tertiary/aromatic N) is 3. The number of aryl methyl sites for hydroxylation is 1. The van der Waals surface area contributed by atoms with E-state index in [2.05, 4.69) is 10.1 Å². The molecule has 0 saturated heterocycles. The lowest BCUT2D eigenvalue weighted by Crippen LogP contribution is -1.93. The summed E-state index contributed by atoms with van der Waals surface area (Å²) in [4.78, 5) is 4.27. The van der Waals surface area contributed by atoms with Gasteiger partial charge >= 0.3 is 0 Å². The van der Waals surface area contributed by atoms with E-state index in [9.17, 15) is 0 Å². The molecule has 4 heteroatoms. The minimum absolute atomic E-state index is 0.572. The fraction of sp³-hybridized carbons (Fsp3) is 0.400. The van der Waals surface area contributed by atoms with Crippen LogP contribution in [0.15, 0.2) is 12.3 Å². The molecule has 1 saturated carbocycles. The summed E-state index contributed by atoms with van der Waals surface area (Å²) in [5.41, 5.74) is 2.20. The molecule has 14 heavy (non-hydrogen) atoms. The molecule has 2 aromatic heterocycles. The van der Waals surface area contributed by atoms with Gasteiger partial charge in [0.05, 0.1) is 6.20 Å². The van der Waals surface area contributed by atoms with Gasteiger partial charge in [0, 0.05) is 12.4 Å². The third kappa shape index (κ3) is 1.12. The number of rotatable bonds is 1. The molecule has 1 aliphatic carbocycles. The number of hydrogen-bond acceptors (Lipinski definition) is 2. The molecule has 0 bridgehead atoms. The van der Waals surface area contributed by atoms with Crippen molar-refractivity contribution in [3.05, 3.63) is 23.0 Å². The zero-order valence-corrected chi connectivity index (χ0v) is 8.62. The lowest BCUT2D eigenvalue weighted by molar-refractivity contribution is 0.786. The van der Waals surface area contributed by atoms with E-state index >= 15 is 0 Å². The third-order valence-corrected chi connectivity index (χ3v) is 2.92. The van der Waals surface area contributed by atoms with Crippen molar-refractivity contribution >= 4 is 22.6 Å². The highest BCUT2D eigenvalue weighted by molar-refractivity contribution is 6.29. The Kier molecular flexibility index (Phi) is 1.59. The Morgan fingerprint density at radius 1 is 1.50 bits per heavy atom. The van der Waals surface area contributed by atoms with Gasteiger partial charge in [-0.05, 0) is 30.4 Å². The summed E-state index contributed by atoms with van der Waals surface area (Å²) in [6, 6.07) is 1.98. The minimum atomic E-state index is 0.572. The average molecular weight is 208 g/mol. The quantitative estimate of drug-likeness (QED) is 0.673. The smallest absolute Gasteiger partial charge is 0.159 e. The van der Waals surface area contributed by atoms with E-state index in [1.165, 1.54) is 18.4 Å². The van der Waals surface area contributed by atoms with Crippen molar-refractivity contribution in [2.24, 2.45) is 7.05 Å². The first-order valence-corrected chi connectivity index (χ1v) is 5.11. The van der Waals surface area contributed by atoms with Crippen molar-refractivity contribution in [3.8, 4) is 0 Å². The van der Waals surface area contributed by atoms with E-state index in [-0.39, 0.29) is 0 Å². The zero-order valence-electron chi connectivity index (χ0n) is 7.87. The largest absolute Gasteiger partial charge is 0.250 e. The van der Waals surface area contributed by atoms with Gasteiger partial charge in [-0.15, -0.1) is 0 Å². The van der Waals surface area contributed by atoms with Gasteiger partial charge in [-0.3, -0.25) is 4.68 Å². The van der Waals surface area contributed by atoms with Crippen molar-refractivity contribution in [3.63, 3.8) is 0 Å². The second kappa shape index (κ2) is 2.70. The summed E-state index contributed by atoms with van der Waals surface area (Å²) in [7, 11) is 1.89. The Morgan fingerprint density at radius 3 is 3.00 bits per heavy atom. The van der Waals surface area contributed by atoms with Crippen LogP contribution in [0.1, 0.15) is 24.3 Å². The number of fused-ring (bicyclic) bond motifs is 1. The van der Waals surface area contributed by atoms with E-state index in [1.807, 2.05) is 19.3 Å². The molecule has 0 unspecified atom stereocenters. The minimum Gasteiger partial charge on any atom is -0.250 e. The fourth-order valence-electron chi connectivity index (χ4n) is 1.84. The summed E-state index contributed by atoms with van der Waals surface area (Å²) in [6.07, 6.45) is 4.42. The maximum atomic E-state index is 5.97. The molecule has 2 aromatic rings. The van der Waals surface area contributed by atoms with Gasteiger partial charge in [0.2, 0.25) is 0 Å². The zero-order chi connectivity index (χ0) is 9.71. The van der Waals surface area contributed by atoms with Gasteiger partial charge < -0.3 is 0 Å². The van der Waals surface area contributed by atoms with Gasteiger partial charge in [-0.2, -0.15) is 5.10 Å². The molecule has 1 fully saturated rings. The summed E-state index contributed by atoms with van der Waals surface area (Å²) in [6.45, 7) is 0. The van der Waals surface area contributed by atoms with Crippen LogP contribution in [0.25, 0.3) is 11.0 Å². The average Bonchev–Trinajstić information content (AvgIpc) is 2.93. The van der Waals surface area contributed by atoms with Crippen molar-refractivity contribution in [1.29, 1.82) is 0 Å². The first-order chi connectivity index (χ1) is 6.75. The van der Waals surface area contributed by atoms with Gasteiger partial charge in [-0.25, -0.2) is 4.98 Å². The van der Waals surface area contributed by atoms with E-state index in [0.29, 0.717) is 11.1 Å². The van der Waals surface area contributed by atoms with E-state index < -0.39 is 0 Å². The number of pyridine rings is 1. The molecule has 1 aliphatic rings. The van der Waals surface area contributed by atoms with Crippen LogP contribution in [0.5, 0.6) is 0 Å². The highest BCUT2D eigenvalue weighted by Crippen LogP contribution is 2.43. The van der Waals surface area contributed by atoms with Crippen LogP contribution in [0.4, 0.5) is 0 Å². The SMILES string of the molecule is Cn1ncc2c(C3CC3)cc(Cl)nc21. The predicted octanol–water partition coefficient (Wildman–Crippen LogP) is 2.50. The molecule has 0 aromatic carbocycles. The topological polar surface area (TPSA) is 30.7 Å². The van der Waals surface area contributed by atoms with Crippen molar-refractivity contribution in [2.45, 2.75) is 18.8 Å². The second-order valence-corrected chi connectivity index (χ2v) is 4.20. The molecule has 72 valence electrons. The summed E-state index contributed by atoms with van der Waals surface area (Å²) in [5, 5.41) is 5.93. The highest BCUT2D eigenvalue weighted by Gasteiger charge is 2.26. The third-order valence-electron chi connectivity index (χ3n) is 2.72. The predicted molar refractivity (Wildman–Crippen MR) is 55.5 cm³/mol. The number of halogens is 1. The standard InChI is InChI=1S/C10H10ClN3/c1-14-10-8(5-12-14)7(6-2-3-6)4-9(11)13-10/h4-6H,2-3H2,1H3. The van der Waals surface area contributed by atoms with Crippen molar-refractivity contribution in [1.82, 2.24) is 14.8 Å². The number of hydrogen-bond donors (Lipinski definition) is 0. The van der Waals surface area contributed by atoms with Gasteiger partial charge in [0.1, 0.15) is 5.15 Å². The maximum Gasteiger partial charge on any atom is 0.159 e. The molecule has 3 rings (SSSR count). The molecule has 3 nitrogen and oxygen atoms in total. The van der Waals surface area contributed by atoms with Crippen LogP contribution >= 0.6 is 11.6 Å². The van der Waals surface area contributed by atoms with Crippen LogP contribution in [0.3, 0.4) is 0 Å². The molecular weight excluding hydrogens is 198 g/mol. The van der Waals surface area contributed by atoms with Crippen LogP contribution in [-0.2, 0) is 7.05 Å². The van der Waals surface area contributed by atoms with Gasteiger partial charge in [0.25, 0.3) is 0 Å². The summed E-state index contributed by atoms with van der Waals surface area (Å²) < 4.78 is 1.77. The molecule has 0 amide bonds. The molecule has 0 atom stereocenters. The molecule has 0 N–H and O–H groups in total. The van der Waals surface area contributed by atoms with E-state index in [0.717, 1.165) is 11.0 Å². The van der Waals surface area contributed by atoms with Crippen LogP contribution < -0.4 is 0 Å². The Bertz CT molecular complexity index is 499. The summed E-state index contributed by atoms with van der Waals surface area (Å²) in [5.74, 6) is 0.683. The molecular formula is C10H10ClN3. The van der Waals surface area contributed by atoms with E-state index in [1.54, 1.807) is 4.68 Å². The molecule has 0 spiro atoms. The first kappa shape index (κ1) is 8.24. The van der Waals surface area contributed by atoms with Crippen LogP contribution in [0.2, 0.25) is 5.15 Å². The Hall–Kier alpha value is -1.09. The normalized spacial score (nSPS) is 16.4. The van der Waals surface area contributed by atoms with Crippen LogP contribution in [0, 0.1) is 0 Å². The lowest BCUT2D eigenvalue weighted by atomic mass is 10.1. The maximum absolute atomic E-state index is 5.97.